The van der Waals surface area contributed by atoms with Gasteiger partial charge in [0.1, 0.15) is 5.76 Å². The van der Waals surface area contributed by atoms with E-state index in [2.05, 4.69) is 22.0 Å². The van der Waals surface area contributed by atoms with Gasteiger partial charge in [-0.2, -0.15) is 0 Å². The van der Waals surface area contributed by atoms with Crippen molar-refractivity contribution in [3.63, 3.8) is 0 Å². The molecule has 3 aromatic rings. The van der Waals surface area contributed by atoms with Crippen LogP contribution in [0.5, 0.6) is 0 Å². The summed E-state index contributed by atoms with van der Waals surface area (Å²) < 4.78 is 5.47. The Balaban J connectivity index is 1.40. The third-order valence-electron chi connectivity index (χ3n) is 5.30. The first-order chi connectivity index (χ1) is 13.1. The molecule has 1 aliphatic heterocycles. The fraction of sp³-hybridized carbons (Fsp3) is 0.381. The van der Waals surface area contributed by atoms with E-state index in [-0.39, 0.29) is 5.91 Å². The number of para-hydroxylation sites is 1. The molecular formula is C21H24ClN3O2. The summed E-state index contributed by atoms with van der Waals surface area (Å²) in [6.45, 7) is 6.12. The number of nitrogens with one attached hydrogen (secondary N) is 1. The molecule has 0 atom stereocenters. The molecule has 0 bridgehead atoms. The maximum Gasteiger partial charge on any atom is 0.227 e. The number of benzene rings is 1. The molecule has 0 aliphatic carbocycles. The normalized spacial score (nSPS) is 16.0. The number of rotatable bonds is 4. The van der Waals surface area contributed by atoms with Gasteiger partial charge < -0.3 is 14.3 Å². The van der Waals surface area contributed by atoms with Crippen molar-refractivity contribution in [2.24, 2.45) is 0 Å². The average Bonchev–Trinajstić information content (AvgIpc) is 3.10. The van der Waals surface area contributed by atoms with Crippen molar-refractivity contribution in [1.82, 2.24) is 14.8 Å². The Labute approximate surface area is 163 Å². The molecule has 1 saturated heterocycles. The van der Waals surface area contributed by atoms with Crippen LogP contribution in [-0.4, -0.2) is 46.9 Å². The van der Waals surface area contributed by atoms with Gasteiger partial charge in [-0.15, -0.1) is 0 Å². The highest BCUT2D eigenvalue weighted by Crippen LogP contribution is 2.23. The van der Waals surface area contributed by atoms with Crippen LogP contribution >= 0.6 is 11.6 Å². The first-order valence-corrected chi connectivity index (χ1v) is 9.78. The minimum atomic E-state index is 0.200. The smallest absolute Gasteiger partial charge is 0.227 e. The Morgan fingerprint density at radius 3 is 2.81 bits per heavy atom. The van der Waals surface area contributed by atoms with Gasteiger partial charge in [0, 0.05) is 42.8 Å². The molecule has 0 saturated carbocycles. The molecule has 1 fully saturated rings. The second-order valence-electron chi connectivity index (χ2n) is 7.17. The van der Waals surface area contributed by atoms with Crippen LogP contribution in [0.25, 0.3) is 10.9 Å². The third-order valence-corrected chi connectivity index (χ3v) is 5.51. The predicted octanol–water partition coefficient (Wildman–Crippen LogP) is 4.00. The molecule has 0 unspecified atom stereocenters. The molecule has 27 heavy (non-hydrogen) atoms. The van der Waals surface area contributed by atoms with Crippen LogP contribution in [0.1, 0.15) is 23.4 Å². The molecule has 4 rings (SSSR count). The Hall–Kier alpha value is -2.24. The van der Waals surface area contributed by atoms with Gasteiger partial charge in [-0.25, -0.2) is 0 Å². The lowest BCUT2D eigenvalue weighted by Crippen LogP contribution is -2.36. The van der Waals surface area contributed by atoms with Crippen molar-refractivity contribution in [2.75, 3.05) is 26.2 Å². The second kappa shape index (κ2) is 7.79. The highest BCUT2D eigenvalue weighted by molar-refractivity contribution is 6.28. The molecule has 1 aliphatic rings. The number of hydrogen-bond acceptors (Lipinski definition) is 3. The number of halogens is 1. The van der Waals surface area contributed by atoms with Gasteiger partial charge in [-0.05, 0) is 48.7 Å². The first kappa shape index (κ1) is 18.1. The molecule has 142 valence electrons. The first-order valence-electron chi connectivity index (χ1n) is 9.40. The summed E-state index contributed by atoms with van der Waals surface area (Å²) in [5.74, 6) is 1.07. The van der Waals surface area contributed by atoms with Gasteiger partial charge in [0.2, 0.25) is 5.91 Å². The lowest BCUT2D eigenvalue weighted by Gasteiger charge is -2.21. The van der Waals surface area contributed by atoms with Crippen LogP contribution in [-0.2, 0) is 17.8 Å². The van der Waals surface area contributed by atoms with Gasteiger partial charge >= 0.3 is 0 Å². The van der Waals surface area contributed by atoms with Gasteiger partial charge in [0.15, 0.2) is 5.22 Å². The zero-order valence-electron chi connectivity index (χ0n) is 15.5. The van der Waals surface area contributed by atoms with Gasteiger partial charge in [-0.1, -0.05) is 18.2 Å². The van der Waals surface area contributed by atoms with E-state index in [1.165, 1.54) is 0 Å². The van der Waals surface area contributed by atoms with Crippen LogP contribution in [0.3, 0.4) is 0 Å². The number of nitrogens with zero attached hydrogens (tertiary/aromatic N) is 2. The number of fused-ring (bicyclic) bond motifs is 1. The molecule has 0 radical (unpaired) electrons. The Kier molecular flexibility index (Phi) is 5.23. The zero-order chi connectivity index (χ0) is 18.8. The number of aromatic amines is 1. The summed E-state index contributed by atoms with van der Waals surface area (Å²) in [5.41, 5.74) is 3.29. The third kappa shape index (κ3) is 4.04. The van der Waals surface area contributed by atoms with Crippen molar-refractivity contribution in [3.8, 4) is 0 Å². The van der Waals surface area contributed by atoms with Crippen molar-refractivity contribution in [3.05, 3.63) is 58.6 Å². The van der Waals surface area contributed by atoms with E-state index in [1.807, 2.05) is 30.0 Å². The maximum absolute atomic E-state index is 12.9. The summed E-state index contributed by atoms with van der Waals surface area (Å²) in [7, 11) is 0. The van der Waals surface area contributed by atoms with E-state index >= 15 is 0 Å². The molecular weight excluding hydrogens is 362 g/mol. The van der Waals surface area contributed by atoms with Crippen LogP contribution in [0.15, 0.2) is 40.8 Å². The summed E-state index contributed by atoms with van der Waals surface area (Å²) in [6, 6.07) is 11.9. The predicted molar refractivity (Wildman–Crippen MR) is 107 cm³/mol. The highest BCUT2D eigenvalue weighted by Gasteiger charge is 2.21. The molecule has 3 heterocycles. The summed E-state index contributed by atoms with van der Waals surface area (Å²) >= 11 is 5.86. The average molecular weight is 386 g/mol. The topological polar surface area (TPSA) is 52.5 Å². The number of aromatic nitrogens is 1. The van der Waals surface area contributed by atoms with Gasteiger partial charge in [0.05, 0.1) is 13.0 Å². The standard InChI is InChI=1S/C21H24ClN3O2/c1-15-18(17-5-2-3-6-19(17)23-15)13-21(26)25-10-4-9-24(11-12-25)14-16-7-8-20(22)27-16/h2-3,5-8,23H,4,9-14H2,1H3. The molecule has 1 amide bonds. The van der Waals surface area contributed by atoms with Crippen LogP contribution in [0.2, 0.25) is 5.22 Å². The summed E-state index contributed by atoms with van der Waals surface area (Å²) in [6.07, 6.45) is 1.41. The molecule has 2 aromatic heterocycles. The van der Waals surface area contributed by atoms with E-state index in [0.29, 0.717) is 11.6 Å². The fourth-order valence-corrected chi connectivity index (χ4v) is 4.02. The molecule has 5 nitrogen and oxygen atoms in total. The number of hydrogen-bond donors (Lipinski definition) is 1. The monoisotopic (exact) mass is 385 g/mol. The van der Waals surface area contributed by atoms with Crippen molar-refractivity contribution in [1.29, 1.82) is 0 Å². The van der Waals surface area contributed by atoms with Crippen molar-refractivity contribution in [2.45, 2.75) is 26.3 Å². The van der Waals surface area contributed by atoms with Crippen molar-refractivity contribution < 1.29 is 9.21 Å². The Bertz CT molecular complexity index is 946. The van der Waals surface area contributed by atoms with E-state index in [4.69, 9.17) is 16.0 Å². The van der Waals surface area contributed by atoms with Crippen LogP contribution < -0.4 is 0 Å². The zero-order valence-corrected chi connectivity index (χ0v) is 16.3. The van der Waals surface area contributed by atoms with Crippen LogP contribution in [0, 0.1) is 6.92 Å². The number of carbonyl (C=O) groups is 1. The molecule has 1 aromatic carbocycles. The summed E-state index contributed by atoms with van der Waals surface area (Å²) in [5, 5.41) is 1.57. The van der Waals surface area contributed by atoms with E-state index in [1.54, 1.807) is 6.07 Å². The SMILES string of the molecule is Cc1[nH]c2ccccc2c1CC(=O)N1CCCN(Cc2ccc(Cl)o2)CC1. The quantitative estimate of drug-likeness (QED) is 0.738. The number of aryl methyl sites for hydroxylation is 1. The number of carbonyl (C=O) groups excluding carboxylic acids is 1. The maximum atomic E-state index is 12.9. The Morgan fingerprint density at radius 1 is 1.15 bits per heavy atom. The minimum Gasteiger partial charge on any atom is -0.448 e. The van der Waals surface area contributed by atoms with E-state index in [9.17, 15) is 4.79 Å². The van der Waals surface area contributed by atoms with Gasteiger partial charge in [-0.3, -0.25) is 9.69 Å². The Morgan fingerprint density at radius 2 is 2.00 bits per heavy atom. The molecule has 1 N–H and O–H groups in total. The lowest BCUT2D eigenvalue weighted by molar-refractivity contribution is -0.130. The number of H-pyrrole nitrogens is 1. The lowest BCUT2D eigenvalue weighted by atomic mass is 10.1. The number of furan rings is 1. The fourth-order valence-electron chi connectivity index (χ4n) is 3.86. The second-order valence-corrected chi connectivity index (χ2v) is 7.54. The largest absolute Gasteiger partial charge is 0.448 e. The van der Waals surface area contributed by atoms with E-state index < -0.39 is 0 Å². The number of amides is 1. The summed E-state index contributed by atoms with van der Waals surface area (Å²) in [4.78, 5) is 20.6. The van der Waals surface area contributed by atoms with Crippen molar-refractivity contribution >= 4 is 28.4 Å². The van der Waals surface area contributed by atoms with Gasteiger partial charge in [0.25, 0.3) is 0 Å². The van der Waals surface area contributed by atoms with E-state index in [0.717, 1.165) is 67.1 Å². The molecule has 0 spiro atoms. The highest BCUT2D eigenvalue weighted by atomic mass is 35.5. The van der Waals surface area contributed by atoms with Crippen LogP contribution in [0.4, 0.5) is 0 Å². The molecule has 6 heteroatoms. The minimum absolute atomic E-state index is 0.200.